The van der Waals surface area contributed by atoms with E-state index in [9.17, 15) is 36.8 Å². The van der Waals surface area contributed by atoms with Gasteiger partial charge in [-0.1, -0.05) is 12.1 Å². The lowest BCUT2D eigenvalue weighted by Crippen LogP contribution is -2.55. The zero-order valence-corrected chi connectivity index (χ0v) is 22.1. The fraction of sp³-hybridized carbons (Fsp3) is 0.321. The summed E-state index contributed by atoms with van der Waals surface area (Å²) in [6, 6.07) is 14.9. The van der Waals surface area contributed by atoms with Crippen LogP contribution in [0.15, 0.2) is 66.7 Å². The molecule has 0 unspecified atom stereocenters. The number of carbonyl (C=O) groups is 1. The molecule has 1 aliphatic rings. The number of aromatic hydroxyl groups is 1. The predicted octanol–water partition coefficient (Wildman–Crippen LogP) is 4.52. The zero-order chi connectivity index (χ0) is 28.9. The van der Waals surface area contributed by atoms with Crippen LogP contribution in [-0.4, -0.2) is 42.3 Å². The number of nitrogens with zero attached hydrogens (tertiary/aromatic N) is 1. The van der Waals surface area contributed by atoms with Crippen LogP contribution in [0.3, 0.4) is 0 Å². The fourth-order valence-corrected chi connectivity index (χ4v) is 5.00. The fourth-order valence-electron chi connectivity index (χ4n) is 4.68. The van der Waals surface area contributed by atoms with Gasteiger partial charge in [-0.15, -0.1) is 0 Å². The molecule has 0 aliphatic carbocycles. The molecule has 3 aromatic carbocycles. The van der Waals surface area contributed by atoms with Crippen molar-refractivity contribution in [2.24, 2.45) is 5.92 Å². The van der Waals surface area contributed by atoms with Crippen LogP contribution >= 0.6 is 0 Å². The standard InChI is InChI=1S/C28H29F2NO8S/c29-19-5-3-18(4-6-19)25(32)14-13-24-27(31(28(24)34)21-9-7-20(30)8-10-21)23-12-11-22(17-26(23)33)38-15-1-2-16-39-40(35,36)37/h3-12,17,24-25,27,32-33H,1-2,13-16H2,(H,35,36,37)/p-1/t24-,25+,27-/m1/s1. The maximum absolute atomic E-state index is 13.5. The summed E-state index contributed by atoms with van der Waals surface area (Å²) in [5.41, 5.74) is 1.41. The summed E-state index contributed by atoms with van der Waals surface area (Å²) < 4.78 is 67.9. The molecule has 0 saturated carbocycles. The first kappa shape index (κ1) is 29.4. The molecule has 40 heavy (non-hydrogen) atoms. The summed E-state index contributed by atoms with van der Waals surface area (Å²) in [6.07, 6.45) is 0.241. The van der Waals surface area contributed by atoms with E-state index in [1.807, 2.05) is 0 Å². The number of aliphatic hydroxyl groups is 1. The minimum absolute atomic E-state index is 0.132. The second-order valence-corrected chi connectivity index (χ2v) is 10.4. The van der Waals surface area contributed by atoms with Gasteiger partial charge in [-0.25, -0.2) is 17.2 Å². The van der Waals surface area contributed by atoms with Gasteiger partial charge in [0.1, 0.15) is 23.1 Å². The lowest BCUT2D eigenvalue weighted by Gasteiger charge is -2.48. The first-order chi connectivity index (χ1) is 19.0. The number of β-lactam (4-membered cyclic amide) rings is 1. The van der Waals surface area contributed by atoms with Crippen molar-refractivity contribution in [2.75, 3.05) is 18.1 Å². The van der Waals surface area contributed by atoms with Crippen LogP contribution in [0.25, 0.3) is 0 Å². The summed E-state index contributed by atoms with van der Waals surface area (Å²) in [6.45, 7) is -0.0832. The highest BCUT2D eigenvalue weighted by Gasteiger charge is 2.49. The Kier molecular flexibility index (Phi) is 9.36. The van der Waals surface area contributed by atoms with E-state index in [1.165, 1.54) is 59.5 Å². The molecule has 0 bridgehead atoms. The lowest BCUT2D eigenvalue weighted by molar-refractivity contribution is -0.131. The van der Waals surface area contributed by atoms with E-state index in [2.05, 4.69) is 4.18 Å². The number of phenolic OH excluding ortho intramolecular Hbond substituents is 1. The number of ether oxygens (including phenoxy) is 1. The summed E-state index contributed by atoms with van der Waals surface area (Å²) in [4.78, 5) is 14.7. The smallest absolute Gasteiger partial charge is 0.233 e. The Bertz CT molecular complexity index is 1420. The monoisotopic (exact) mass is 576 g/mol. The third kappa shape index (κ3) is 7.33. The van der Waals surface area contributed by atoms with Crippen LogP contribution in [0.5, 0.6) is 11.5 Å². The zero-order valence-electron chi connectivity index (χ0n) is 21.3. The Hall–Kier alpha value is -3.58. The van der Waals surface area contributed by atoms with Crippen molar-refractivity contribution in [1.29, 1.82) is 0 Å². The van der Waals surface area contributed by atoms with Gasteiger partial charge in [0, 0.05) is 17.3 Å². The molecule has 1 aliphatic heterocycles. The summed E-state index contributed by atoms with van der Waals surface area (Å²) in [5, 5.41) is 21.5. The predicted molar refractivity (Wildman–Crippen MR) is 139 cm³/mol. The molecular weight excluding hydrogens is 548 g/mol. The van der Waals surface area contributed by atoms with Gasteiger partial charge in [0.25, 0.3) is 0 Å². The van der Waals surface area contributed by atoms with Gasteiger partial charge < -0.3 is 24.4 Å². The molecule has 1 heterocycles. The number of unbranched alkanes of at least 4 members (excludes halogenated alkanes) is 1. The molecule has 1 saturated heterocycles. The molecule has 2 N–H and O–H groups in total. The number of halogens is 2. The normalized spacial score (nSPS) is 17.9. The van der Waals surface area contributed by atoms with Gasteiger partial charge in [-0.3, -0.25) is 8.98 Å². The van der Waals surface area contributed by atoms with Crippen LogP contribution < -0.4 is 9.64 Å². The Balaban J connectivity index is 1.46. The van der Waals surface area contributed by atoms with Crippen molar-refractivity contribution in [1.82, 2.24) is 0 Å². The molecule has 3 atom stereocenters. The Morgan fingerprint density at radius 3 is 2.20 bits per heavy atom. The third-order valence-electron chi connectivity index (χ3n) is 6.68. The van der Waals surface area contributed by atoms with Gasteiger partial charge in [0.05, 0.1) is 31.3 Å². The molecule has 4 rings (SSSR count). The van der Waals surface area contributed by atoms with Crippen molar-refractivity contribution in [2.45, 2.75) is 37.8 Å². The average Bonchev–Trinajstić information content (AvgIpc) is 2.90. The van der Waals surface area contributed by atoms with Gasteiger partial charge in [0.15, 0.2) is 0 Å². The van der Waals surface area contributed by atoms with Gasteiger partial charge in [0.2, 0.25) is 16.3 Å². The van der Waals surface area contributed by atoms with Crippen LogP contribution in [0.1, 0.15) is 49.0 Å². The number of anilines is 1. The summed E-state index contributed by atoms with van der Waals surface area (Å²) >= 11 is 0. The molecule has 3 aromatic rings. The first-order valence-corrected chi connectivity index (χ1v) is 13.9. The number of rotatable bonds is 13. The highest BCUT2D eigenvalue weighted by Crippen LogP contribution is 2.49. The number of hydrogen-bond acceptors (Lipinski definition) is 8. The van der Waals surface area contributed by atoms with Crippen LogP contribution in [0.4, 0.5) is 14.5 Å². The van der Waals surface area contributed by atoms with Gasteiger partial charge in [-0.05, 0) is 79.8 Å². The van der Waals surface area contributed by atoms with Crippen LogP contribution in [0, 0.1) is 17.6 Å². The van der Waals surface area contributed by atoms with E-state index >= 15 is 0 Å². The minimum Gasteiger partial charge on any atom is -0.726 e. The molecule has 12 heteroatoms. The molecule has 0 spiro atoms. The largest absolute Gasteiger partial charge is 0.726 e. The number of aliphatic hydroxyl groups excluding tert-OH is 1. The Morgan fingerprint density at radius 1 is 0.950 bits per heavy atom. The molecule has 9 nitrogen and oxygen atoms in total. The first-order valence-electron chi connectivity index (χ1n) is 12.6. The maximum Gasteiger partial charge on any atom is 0.233 e. The van der Waals surface area contributed by atoms with E-state index in [4.69, 9.17) is 4.74 Å². The Morgan fingerprint density at radius 2 is 1.57 bits per heavy atom. The number of hydrogen-bond donors (Lipinski definition) is 2. The number of amides is 1. The van der Waals surface area contributed by atoms with E-state index in [0.717, 1.165) is 0 Å². The van der Waals surface area contributed by atoms with E-state index in [1.54, 1.807) is 12.1 Å². The second-order valence-electron chi connectivity index (χ2n) is 9.39. The number of benzene rings is 3. The van der Waals surface area contributed by atoms with Crippen molar-refractivity contribution in [3.05, 3.63) is 89.5 Å². The van der Waals surface area contributed by atoms with Crippen molar-refractivity contribution < 1.29 is 45.7 Å². The van der Waals surface area contributed by atoms with Crippen molar-refractivity contribution in [3.63, 3.8) is 0 Å². The number of phenols is 1. The SMILES string of the molecule is O=C1[C@H](CC[C@H](O)c2ccc(F)cc2)[C@@H](c2ccc(OCCCCOS(=O)(=O)[O-])cc2O)N1c1ccc(F)cc1. The molecule has 1 fully saturated rings. The van der Waals surface area contributed by atoms with Crippen molar-refractivity contribution >= 4 is 22.0 Å². The van der Waals surface area contributed by atoms with E-state index in [0.29, 0.717) is 29.0 Å². The second kappa shape index (κ2) is 12.7. The topological polar surface area (TPSA) is 136 Å². The Labute approximate surface area is 230 Å². The molecular formula is C28H28F2NO8S-. The van der Waals surface area contributed by atoms with E-state index in [-0.39, 0.29) is 44.1 Å². The highest BCUT2D eigenvalue weighted by atomic mass is 32.3. The molecule has 214 valence electrons. The van der Waals surface area contributed by atoms with Crippen LogP contribution in [0.2, 0.25) is 0 Å². The summed E-state index contributed by atoms with van der Waals surface area (Å²) in [7, 11) is -4.74. The molecule has 0 radical (unpaired) electrons. The average molecular weight is 577 g/mol. The summed E-state index contributed by atoms with van der Waals surface area (Å²) in [5.74, 6) is -1.52. The van der Waals surface area contributed by atoms with E-state index < -0.39 is 40.1 Å². The molecule has 1 amide bonds. The maximum atomic E-state index is 13.5. The number of carbonyl (C=O) groups excluding carboxylic acids is 1. The third-order valence-corrected chi connectivity index (χ3v) is 7.14. The van der Waals surface area contributed by atoms with Gasteiger partial charge >= 0.3 is 0 Å². The van der Waals surface area contributed by atoms with Crippen LogP contribution in [-0.2, 0) is 19.4 Å². The quantitative estimate of drug-likeness (QED) is 0.131. The van der Waals surface area contributed by atoms with Crippen molar-refractivity contribution in [3.8, 4) is 11.5 Å². The lowest BCUT2D eigenvalue weighted by atomic mass is 9.78. The van der Waals surface area contributed by atoms with Gasteiger partial charge in [-0.2, -0.15) is 0 Å². The minimum atomic E-state index is -4.74. The highest BCUT2D eigenvalue weighted by molar-refractivity contribution is 7.80. The molecule has 0 aromatic heterocycles.